The average Bonchev–Trinajstić information content (AvgIpc) is 3.08. The predicted octanol–water partition coefficient (Wildman–Crippen LogP) is 4.14. The molecule has 1 aliphatic heterocycles. The molecule has 1 amide bonds. The van der Waals surface area contributed by atoms with Gasteiger partial charge in [0.25, 0.3) is 5.91 Å². The van der Waals surface area contributed by atoms with E-state index in [1.165, 1.54) is 5.56 Å². The molecule has 28 heavy (non-hydrogen) atoms. The highest BCUT2D eigenvalue weighted by Gasteiger charge is 2.29. The Balaban J connectivity index is 1.82. The van der Waals surface area contributed by atoms with Crippen molar-refractivity contribution >= 4 is 17.4 Å². The summed E-state index contributed by atoms with van der Waals surface area (Å²) in [5.74, 6) is 1.04. The molecule has 0 fully saturated rings. The van der Waals surface area contributed by atoms with Crippen molar-refractivity contribution in [2.75, 3.05) is 11.4 Å². The third-order valence-electron chi connectivity index (χ3n) is 4.84. The predicted molar refractivity (Wildman–Crippen MR) is 112 cm³/mol. The van der Waals surface area contributed by atoms with Crippen LogP contribution in [0.2, 0.25) is 0 Å². The summed E-state index contributed by atoms with van der Waals surface area (Å²) in [4.78, 5) is 24.1. The van der Waals surface area contributed by atoms with Crippen LogP contribution in [0.3, 0.4) is 0 Å². The first-order valence-corrected chi connectivity index (χ1v) is 9.38. The third kappa shape index (κ3) is 3.39. The fraction of sp³-hybridized carbons (Fsp3) is 0.174. The van der Waals surface area contributed by atoms with Gasteiger partial charge in [-0.2, -0.15) is 0 Å². The van der Waals surface area contributed by atoms with Gasteiger partial charge in [0, 0.05) is 29.9 Å². The molecule has 0 bridgehead atoms. The molecule has 1 unspecified atom stereocenters. The van der Waals surface area contributed by atoms with Gasteiger partial charge in [0.15, 0.2) is 5.82 Å². The molecule has 5 heteroatoms. The number of anilines is 2. The molecule has 0 saturated carbocycles. The molecule has 2 heterocycles. The highest BCUT2D eigenvalue weighted by atomic mass is 16.1. The molecule has 5 nitrogen and oxygen atoms in total. The van der Waals surface area contributed by atoms with E-state index in [0.29, 0.717) is 18.1 Å². The van der Waals surface area contributed by atoms with Crippen LogP contribution in [0.15, 0.2) is 73.3 Å². The number of rotatable bonds is 5. The second-order valence-electron chi connectivity index (χ2n) is 6.85. The fourth-order valence-electron chi connectivity index (χ4n) is 3.56. The molecule has 1 aromatic heterocycles. The summed E-state index contributed by atoms with van der Waals surface area (Å²) in [6.07, 6.45) is 2.59. The molecule has 1 N–H and O–H groups in total. The quantitative estimate of drug-likeness (QED) is 0.686. The summed E-state index contributed by atoms with van der Waals surface area (Å²) in [7, 11) is 0. The van der Waals surface area contributed by atoms with Gasteiger partial charge < -0.3 is 10.2 Å². The van der Waals surface area contributed by atoms with Crippen LogP contribution < -0.4 is 10.2 Å². The number of aromatic nitrogens is 2. The minimum absolute atomic E-state index is 0.235. The monoisotopic (exact) mass is 370 g/mol. The fourth-order valence-corrected chi connectivity index (χ4v) is 3.56. The van der Waals surface area contributed by atoms with Crippen molar-refractivity contribution in [1.82, 2.24) is 15.3 Å². The number of carbonyl (C=O) groups is 1. The van der Waals surface area contributed by atoms with Crippen LogP contribution >= 0.6 is 0 Å². The number of hydrogen-bond acceptors (Lipinski definition) is 4. The van der Waals surface area contributed by atoms with Gasteiger partial charge >= 0.3 is 0 Å². The van der Waals surface area contributed by atoms with Gasteiger partial charge in [-0.3, -0.25) is 4.79 Å². The smallest absolute Gasteiger partial charge is 0.270 e. The first-order valence-electron chi connectivity index (χ1n) is 9.38. The second-order valence-corrected chi connectivity index (χ2v) is 6.85. The SMILES string of the molecule is C=CCNC(=O)c1cc(N2c3ccccc3CC2C)nc(-c2ccccc2)n1. The Morgan fingerprint density at radius 1 is 1.18 bits per heavy atom. The first-order chi connectivity index (χ1) is 13.7. The molecular weight excluding hydrogens is 348 g/mol. The Kier molecular flexibility index (Phi) is 4.89. The molecule has 0 saturated heterocycles. The Morgan fingerprint density at radius 3 is 2.71 bits per heavy atom. The molecule has 2 aromatic carbocycles. The number of para-hydroxylation sites is 1. The van der Waals surface area contributed by atoms with E-state index in [1.54, 1.807) is 12.1 Å². The Hall–Kier alpha value is -3.47. The zero-order valence-corrected chi connectivity index (χ0v) is 15.8. The van der Waals surface area contributed by atoms with E-state index < -0.39 is 0 Å². The number of benzene rings is 2. The minimum Gasteiger partial charge on any atom is -0.347 e. The maximum Gasteiger partial charge on any atom is 0.270 e. The summed E-state index contributed by atoms with van der Waals surface area (Å²) >= 11 is 0. The van der Waals surface area contributed by atoms with Crippen LogP contribution in [-0.2, 0) is 6.42 Å². The number of hydrogen-bond donors (Lipinski definition) is 1. The van der Waals surface area contributed by atoms with Crippen LogP contribution in [0.5, 0.6) is 0 Å². The molecule has 0 radical (unpaired) electrons. The number of amides is 1. The topological polar surface area (TPSA) is 58.1 Å². The molecule has 4 rings (SSSR count). The first kappa shape index (κ1) is 17.9. The number of nitrogens with one attached hydrogen (secondary N) is 1. The van der Waals surface area contributed by atoms with Crippen molar-refractivity contribution in [1.29, 1.82) is 0 Å². The Bertz CT molecular complexity index is 1020. The van der Waals surface area contributed by atoms with E-state index in [4.69, 9.17) is 4.98 Å². The number of fused-ring (bicyclic) bond motifs is 1. The largest absolute Gasteiger partial charge is 0.347 e. The molecule has 0 spiro atoms. The third-order valence-corrected chi connectivity index (χ3v) is 4.84. The van der Waals surface area contributed by atoms with Crippen molar-refractivity contribution in [2.45, 2.75) is 19.4 Å². The average molecular weight is 370 g/mol. The van der Waals surface area contributed by atoms with E-state index in [2.05, 4.69) is 46.9 Å². The molecule has 3 aromatic rings. The summed E-state index contributed by atoms with van der Waals surface area (Å²) in [5, 5.41) is 2.81. The number of nitrogens with zero attached hydrogens (tertiary/aromatic N) is 3. The zero-order chi connectivity index (χ0) is 19.5. The van der Waals surface area contributed by atoms with E-state index in [1.807, 2.05) is 36.4 Å². The van der Waals surface area contributed by atoms with Gasteiger partial charge in [-0.25, -0.2) is 9.97 Å². The maximum absolute atomic E-state index is 12.6. The van der Waals surface area contributed by atoms with Crippen LogP contribution in [-0.4, -0.2) is 28.5 Å². The normalized spacial score (nSPS) is 15.2. The standard InChI is InChI=1S/C23H22N4O/c1-3-13-24-23(28)19-15-21(26-22(25-19)17-9-5-4-6-10-17)27-16(2)14-18-11-7-8-12-20(18)27/h3-12,15-16H,1,13-14H2,2H3,(H,24,28). The lowest BCUT2D eigenvalue weighted by molar-refractivity contribution is 0.0953. The van der Waals surface area contributed by atoms with E-state index in [0.717, 1.165) is 23.5 Å². The van der Waals surface area contributed by atoms with Crippen LogP contribution in [0.25, 0.3) is 11.4 Å². The Morgan fingerprint density at radius 2 is 1.93 bits per heavy atom. The lowest BCUT2D eigenvalue weighted by Crippen LogP contribution is -2.28. The summed E-state index contributed by atoms with van der Waals surface area (Å²) in [6, 6.07) is 20.1. The molecule has 140 valence electrons. The lowest BCUT2D eigenvalue weighted by Gasteiger charge is -2.24. The molecule has 1 atom stereocenters. The van der Waals surface area contributed by atoms with Crippen LogP contribution in [0.4, 0.5) is 11.5 Å². The highest BCUT2D eigenvalue weighted by Crippen LogP contribution is 2.37. The van der Waals surface area contributed by atoms with Gasteiger partial charge in [0.1, 0.15) is 11.5 Å². The van der Waals surface area contributed by atoms with Crippen molar-refractivity contribution in [3.8, 4) is 11.4 Å². The van der Waals surface area contributed by atoms with E-state index >= 15 is 0 Å². The zero-order valence-electron chi connectivity index (χ0n) is 15.8. The number of carbonyl (C=O) groups excluding carboxylic acids is 1. The summed E-state index contributed by atoms with van der Waals surface area (Å²) in [6.45, 7) is 6.21. The van der Waals surface area contributed by atoms with Gasteiger partial charge in [0.2, 0.25) is 0 Å². The van der Waals surface area contributed by atoms with E-state index in [9.17, 15) is 4.79 Å². The molecule has 1 aliphatic rings. The highest BCUT2D eigenvalue weighted by molar-refractivity contribution is 5.94. The van der Waals surface area contributed by atoms with Gasteiger partial charge in [-0.1, -0.05) is 54.6 Å². The van der Waals surface area contributed by atoms with Crippen molar-refractivity contribution in [3.63, 3.8) is 0 Å². The summed E-state index contributed by atoms with van der Waals surface area (Å²) < 4.78 is 0. The van der Waals surface area contributed by atoms with Gasteiger partial charge in [-0.15, -0.1) is 6.58 Å². The van der Waals surface area contributed by atoms with Crippen molar-refractivity contribution in [3.05, 3.63) is 84.6 Å². The minimum atomic E-state index is -0.235. The molecular formula is C23H22N4O. The van der Waals surface area contributed by atoms with Crippen molar-refractivity contribution < 1.29 is 4.79 Å². The van der Waals surface area contributed by atoms with E-state index in [-0.39, 0.29) is 11.9 Å². The van der Waals surface area contributed by atoms with Crippen LogP contribution in [0, 0.1) is 0 Å². The van der Waals surface area contributed by atoms with Crippen LogP contribution in [0.1, 0.15) is 23.0 Å². The van der Waals surface area contributed by atoms with Gasteiger partial charge in [-0.05, 0) is 25.0 Å². The summed E-state index contributed by atoms with van der Waals surface area (Å²) in [5.41, 5.74) is 3.64. The maximum atomic E-state index is 12.6. The second kappa shape index (κ2) is 7.64. The van der Waals surface area contributed by atoms with Crippen molar-refractivity contribution in [2.24, 2.45) is 0 Å². The Labute approximate surface area is 164 Å². The molecule has 0 aliphatic carbocycles. The lowest BCUT2D eigenvalue weighted by atomic mass is 10.1. The van der Waals surface area contributed by atoms with Gasteiger partial charge in [0.05, 0.1) is 0 Å².